The van der Waals surface area contributed by atoms with E-state index in [1.807, 2.05) is 12.1 Å². The van der Waals surface area contributed by atoms with Gasteiger partial charge >= 0.3 is 6.03 Å². The topological polar surface area (TPSA) is 95.1 Å². The number of aromatic nitrogens is 2. The van der Waals surface area contributed by atoms with Crippen molar-refractivity contribution in [2.45, 2.75) is 0 Å². The molecule has 0 radical (unpaired) electrons. The van der Waals surface area contributed by atoms with E-state index in [9.17, 15) is 4.79 Å². The number of likely N-dealkylation sites (N-methyl/N-ethyl adjacent to an activating group) is 1. The third kappa shape index (κ3) is 6.10. The number of hydrogen-bond donors (Lipinski definition) is 2. The highest BCUT2D eigenvalue weighted by Gasteiger charge is 2.16. The number of amides is 2. The van der Waals surface area contributed by atoms with Gasteiger partial charge in [0.05, 0.1) is 14.2 Å². The van der Waals surface area contributed by atoms with E-state index >= 15 is 0 Å². The van der Waals surface area contributed by atoms with Crippen LogP contribution in [0.4, 0.5) is 33.5 Å². The molecule has 0 aliphatic carbocycles. The van der Waals surface area contributed by atoms with Gasteiger partial charge in [-0.05, 0) is 31.3 Å². The minimum atomic E-state index is -0.360. The van der Waals surface area contributed by atoms with Crippen LogP contribution >= 0.6 is 0 Å². The Morgan fingerprint density at radius 1 is 0.914 bits per heavy atom. The van der Waals surface area contributed by atoms with Gasteiger partial charge in [-0.3, -0.25) is 4.90 Å². The molecule has 0 spiro atoms. The number of nitrogens with zero attached hydrogens (tertiary/aromatic N) is 5. The summed E-state index contributed by atoms with van der Waals surface area (Å²) in [6.07, 6.45) is 1.43. The normalized spacial score (nSPS) is 13.8. The Morgan fingerprint density at radius 3 is 2.20 bits per heavy atom. The first kappa shape index (κ1) is 24.1. The summed E-state index contributed by atoms with van der Waals surface area (Å²) in [5.74, 6) is 2.19. The summed E-state index contributed by atoms with van der Waals surface area (Å²) in [5, 5.41) is 6.12. The minimum absolute atomic E-state index is 0.360. The number of urea groups is 1. The van der Waals surface area contributed by atoms with Crippen molar-refractivity contribution in [3.63, 3.8) is 0 Å². The Hall–Kier alpha value is -4.05. The second-order valence-electron chi connectivity index (χ2n) is 8.31. The standard InChI is InChI=1S/C25H31N7O3/c1-30-9-11-32(12-10-30)20-7-5-18(6-8-20)28-23-16-24(27-17-26-23)31(2)25(33)29-19-13-21(34-3)15-22(14-19)35-4/h5-8,13-17H,9-12H2,1-4H3,(H,29,33)(H,26,27,28). The van der Waals surface area contributed by atoms with Crippen molar-refractivity contribution in [2.24, 2.45) is 0 Å². The SMILES string of the molecule is COc1cc(NC(=O)N(C)c2cc(Nc3ccc(N4CCN(C)CC4)cc3)ncn2)cc(OC)c1. The third-order valence-corrected chi connectivity index (χ3v) is 5.91. The fourth-order valence-electron chi connectivity index (χ4n) is 3.76. The van der Waals surface area contributed by atoms with Crippen LogP contribution in [0, 0.1) is 0 Å². The number of carbonyl (C=O) groups excluding carboxylic acids is 1. The van der Waals surface area contributed by atoms with E-state index in [1.165, 1.54) is 16.9 Å². The largest absolute Gasteiger partial charge is 0.497 e. The molecule has 35 heavy (non-hydrogen) atoms. The molecule has 3 aromatic rings. The van der Waals surface area contributed by atoms with Crippen molar-refractivity contribution in [1.29, 1.82) is 0 Å². The van der Waals surface area contributed by atoms with Gasteiger partial charge in [0.2, 0.25) is 0 Å². The molecule has 2 aromatic carbocycles. The van der Waals surface area contributed by atoms with Crippen LogP contribution < -0.4 is 29.9 Å². The average Bonchev–Trinajstić information content (AvgIpc) is 2.89. The molecule has 0 saturated carbocycles. The van der Waals surface area contributed by atoms with Crippen molar-refractivity contribution in [2.75, 3.05) is 74.9 Å². The fourth-order valence-corrected chi connectivity index (χ4v) is 3.76. The molecule has 4 rings (SSSR count). The third-order valence-electron chi connectivity index (χ3n) is 5.91. The average molecular weight is 478 g/mol. The van der Waals surface area contributed by atoms with Crippen molar-refractivity contribution in [1.82, 2.24) is 14.9 Å². The molecule has 1 aliphatic heterocycles. The van der Waals surface area contributed by atoms with E-state index < -0.39 is 0 Å². The van der Waals surface area contributed by atoms with Crippen molar-refractivity contribution >= 4 is 34.7 Å². The number of anilines is 5. The summed E-state index contributed by atoms with van der Waals surface area (Å²) < 4.78 is 10.5. The number of piperazine rings is 1. The van der Waals surface area contributed by atoms with Gasteiger partial charge in [0.15, 0.2) is 0 Å². The molecule has 1 saturated heterocycles. The Balaban J connectivity index is 1.40. The Morgan fingerprint density at radius 2 is 1.57 bits per heavy atom. The molecule has 0 bridgehead atoms. The quantitative estimate of drug-likeness (QED) is 0.533. The van der Waals surface area contributed by atoms with Gasteiger partial charge in [-0.1, -0.05) is 0 Å². The fraction of sp³-hybridized carbons (Fsp3) is 0.320. The molecule has 2 N–H and O–H groups in total. The first-order chi connectivity index (χ1) is 16.9. The van der Waals surface area contributed by atoms with Gasteiger partial charge in [0, 0.05) is 74.6 Å². The molecule has 0 atom stereocenters. The lowest BCUT2D eigenvalue weighted by molar-refractivity contribution is 0.258. The van der Waals surface area contributed by atoms with Gasteiger partial charge in [-0.25, -0.2) is 14.8 Å². The second-order valence-corrected chi connectivity index (χ2v) is 8.31. The highest BCUT2D eigenvalue weighted by atomic mass is 16.5. The van der Waals surface area contributed by atoms with Crippen LogP contribution in [-0.4, -0.2) is 75.4 Å². The number of rotatable bonds is 7. The van der Waals surface area contributed by atoms with Gasteiger partial charge < -0.3 is 29.9 Å². The smallest absolute Gasteiger partial charge is 0.327 e. The monoisotopic (exact) mass is 477 g/mol. The molecule has 10 nitrogen and oxygen atoms in total. The number of nitrogens with one attached hydrogen (secondary N) is 2. The molecule has 0 unspecified atom stereocenters. The molecule has 1 aliphatic rings. The van der Waals surface area contributed by atoms with Crippen LogP contribution in [-0.2, 0) is 0 Å². The van der Waals surface area contributed by atoms with Gasteiger partial charge in [-0.15, -0.1) is 0 Å². The molecular weight excluding hydrogens is 446 g/mol. The zero-order valence-electron chi connectivity index (χ0n) is 20.5. The van der Waals surface area contributed by atoms with Gasteiger partial charge in [0.25, 0.3) is 0 Å². The van der Waals surface area contributed by atoms with Crippen LogP contribution in [0.1, 0.15) is 0 Å². The number of hydrogen-bond acceptors (Lipinski definition) is 8. The summed E-state index contributed by atoms with van der Waals surface area (Å²) >= 11 is 0. The zero-order valence-corrected chi connectivity index (χ0v) is 20.5. The zero-order chi connectivity index (χ0) is 24.8. The highest BCUT2D eigenvalue weighted by molar-refractivity contribution is 6.01. The lowest BCUT2D eigenvalue weighted by Crippen LogP contribution is -2.44. The Labute approximate surface area is 205 Å². The van der Waals surface area contributed by atoms with Crippen molar-refractivity contribution in [3.05, 3.63) is 54.9 Å². The molecule has 184 valence electrons. The van der Waals surface area contributed by atoms with E-state index in [4.69, 9.17) is 9.47 Å². The molecule has 2 heterocycles. The molecule has 1 fully saturated rings. The Bertz CT molecular complexity index is 1130. The first-order valence-electron chi connectivity index (χ1n) is 11.4. The maximum absolute atomic E-state index is 12.8. The van der Waals surface area contributed by atoms with Crippen LogP contribution in [0.25, 0.3) is 0 Å². The van der Waals surface area contributed by atoms with Gasteiger partial charge in [0.1, 0.15) is 29.5 Å². The summed E-state index contributed by atoms with van der Waals surface area (Å²) in [7, 11) is 6.91. The molecular formula is C25H31N7O3. The second kappa shape index (κ2) is 10.9. The van der Waals surface area contributed by atoms with E-state index in [1.54, 1.807) is 45.5 Å². The van der Waals surface area contributed by atoms with E-state index in [-0.39, 0.29) is 6.03 Å². The van der Waals surface area contributed by atoms with E-state index in [2.05, 4.69) is 49.6 Å². The van der Waals surface area contributed by atoms with Crippen LogP contribution in [0.5, 0.6) is 11.5 Å². The lowest BCUT2D eigenvalue weighted by Gasteiger charge is -2.34. The summed E-state index contributed by atoms with van der Waals surface area (Å²) in [6.45, 7) is 4.18. The number of carbonyl (C=O) groups is 1. The Kier molecular flexibility index (Phi) is 7.51. The summed E-state index contributed by atoms with van der Waals surface area (Å²) in [5.41, 5.74) is 2.66. The molecule has 10 heteroatoms. The van der Waals surface area contributed by atoms with Gasteiger partial charge in [-0.2, -0.15) is 0 Å². The van der Waals surface area contributed by atoms with E-state index in [0.717, 1.165) is 31.9 Å². The molecule has 1 aromatic heterocycles. The number of methoxy groups -OCH3 is 2. The molecule has 2 amide bonds. The van der Waals surface area contributed by atoms with Crippen LogP contribution in [0.15, 0.2) is 54.9 Å². The van der Waals surface area contributed by atoms with Crippen LogP contribution in [0.2, 0.25) is 0 Å². The summed E-state index contributed by atoms with van der Waals surface area (Å²) in [6, 6.07) is 14.8. The van der Waals surface area contributed by atoms with Crippen molar-refractivity contribution in [3.8, 4) is 11.5 Å². The summed E-state index contributed by atoms with van der Waals surface area (Å²) in [4.78, 5) is 27.5. The first-order valence-corrected chi connectivity index (χ1v) is 11.4. The number of ether oxygens (including phenoxy) is 2. The maximum atomic E-state index is 12.8. The maximum Gasteiger partial charge on any atom is 0.327 e. The van der Waals surface area contributed by atoms with E-state index in [0.29, 0.717) is 28.8 Å². The highest BCUT2D eigenvalue weighted by Crippen LogP contribution is 2.27. The number of benzene rings is 2. The van der Waals surface area contributed by atoms with Crippen LogP contribution in [0.3, 0.4) is 0 Å². The minimum Gasteiger partial charge on any atom is -0.497 e. The predicted octanol–water partition coefficient (Wildman–Crippen LogP) is 3.66. The van der Waals surface area contributed by atoms with Crippen molar-refractivity contribution < 1.29 is 14.3 Å². The lowest BCUT2D eigenvalue weighted by atomic mass is 10.2. The predicted molar refractivity (Wildman–Crippen MR) is 138 cm³/mol.